The third kappa shape index (κ3) is 2.08. The number of aromatic amines is 2. The van der Waals surface area contributed by atoms with Gasteiger partial charge in [0.2, 0.25) is 0 Å². The summed E-state index contributed by atoms with van der Waals surface area (Å²) in [6, 6.07) is 0. The van der Waals surface area contributed by atoms with Gasteiger partial charge in [-0.3, -0.25) is 10.2 Å². The van der Waals surface area contributed by atoms with E-state index in [2.05, 4.69) is 65.6 Å². The Morgan fingerprint density at radius 2 is 1.44 bits per heavy atom. The van der Waals surface area contributed by atoms with Crippen molar-refractivity contribution in [2.45, 2.75) is 19.4 Å². The van der Waals surface area contributed by atoms with E-state index in [-0.39, 0.29) is 6.54 Å². The normalized spacial score (nSPS) is 12.1. The average Bonchev–Trinajstić information content (AvgIpc) is 2.85. The fourth-order valence-corrected chi connectivity index (χ4v) is 3.17. The van der Waals surface area contributed by atoms with E-state index < -0.39 is 5.54 Å². The lowest BCUT2D eigenvalue weighted by molar-refractivity contribution is 0.510. The molecule has 0 saturated carbocycles. The van der Waals surface area contributed by atoms with Crippen LogP contribution in [0.2, 0.25) is 0 Å². The highest BCUT2D eigenvalue weighted by atomic mass is 127. The number of nitrogens with one attached hydrogen (secondary N) is 2. The van der Waals surface area contributed by atoms with Gasteiger partial charge in [-0.1, -0.05) is 0 Å². The molecule has 0 aromatic carbocycles. The summed E-state index contributed by atoms with van der Waals surface area (Å²) in [6.45, 7) is 4.15. The van der Waals surface area contributed by atoms with Gasteiger partial charge in [0.15, 0.2) is 0 Å². The quantitative estimate of drug-likeness (QED) is 0.503. The van der Waals surface area contributed by atoms with Crippen molar-refractivity contribution in [3.63, 3.8) is 0 Å². The number of aromatic nitrogens is 4. The molecule has 0 spiro atoms. The van der Waals surface area contributed by atoms with Gasteiger partial charge in [-0.25, -0.2) is 0 Å². The maximum absolute atomic E-state index is 6.47. The number of rotatable bonds is 3. The second kappa shape index (κ2) is 5.06. The summed E-state index contributed by atoms with van der Waals surface area (Å²) in [7, 11) is 0. The standard InChI is InChI=1S/C10H14I2N6/c1-4-6(11)8(17-15-4)10(14,3-13)9-7(12)5(2)16-18-9/h3,13-14H2,1-2H3,(H,15,17)(H,16,18). The maximum atomic E-state index is 6.47. The van der Waals surface area contributed by atoms with Crippen LogP contribution in [0.25, 0.3) is 0 Å². The Hall–Kier alpha value is -0.200. The molecule has 0 atom stereocenters. The monoisotopic (exact) mass is 472 g/mol. The van der Waals surface area contributed by atoms with Crippen LogP contribution < -0.4 is 11.5 Å². The van der Waals surface area contributed by atoms with E-state index in [1.807, 2.05) is 13.8 Å². The van der Waals surface area contributed by atoms with Crippen LogP contribution in [0.15, 0.2) is 0 Å². The van der Waals surface area contributed by atoms with Gasteiger partial charge in [0.1, 0.15) is 16.9 Å². The molecule has 0 fully saturated rings. The summed E-state index contributed by atoms with van der Waals surface area (Å²) in [5.41, 5.74) is 14.9. The number of halogens is 2. The molecule has 0 aliphatic carbocycles. The molecule has 8 heteroatoms. The molecule has 6 nitrogen and oxygen atoms in total. The molecule has 0 aliphatic heterocycles. The van der Waals surface area contributed by atoms with E-state index in [0.29, 0.717) is 0 Å². The van der Waals surface area contributed by atoms with Crippen molar-refractivity contribution in [1.82, 2.24) is 20.4 Å². The lowest BCUT2D eigenvalue weighted by Gasteiger charge is -2.24. The Kier molecular flexibility index (Phi) is 3.99. The van der Waals surface area contributed by atoms with Crippen molar-refractivity contribution >= 4 is 45.2 Å². The number of aryl methyl sites for hydroxylation is 2. The second-order valence-corrected chi connectivity index (χ2v) is 6.36. The fourth-order valence-electron chi connectivity index (χ4n) is 1.73. The van der Waals surface area contributed by atoms with E-state index in [4.69, 9.17) is 11.5 Å². The third-order valence-electron chi connectivity index (χ3n) is 2.91. The highest BCUT2D eigenvalue weighted by Crippen LogP contribution is 2.31. The van der Waals surface area contributed by atoms with Gasteiger partial charge >= 0.3 is 0 Å². The van der Waals surface area contributed by atoms with E-state index in [9.17, 15) is 0 Å². The highest BCUT2D eigenvalue weighted by molar-refractivity contribution is 14.1. The van der Waals surface area contributed by atoms with Crippen LogP contribution in [-0.2, 0) is 5.54 Å². The van der Waals surface area contributed by atoms with Gasteiger partial charge in [-0.05, 0) is 59.0 Å². The van der Waals surface area contributed by atoms with Crippen LogP contribution in [0.1, 0.15) is 22.8 Å². The minimum absolute atomic E-state index is 0.244. The molecule has 18 heavy (non-hydrogen) atoms. The number of nitrogens with two attached hydrogens (primary N) is 2. The molecule has 2 rings (SSSR count). The van der Waals surface area contributed by atoms with Crippen LogP contribution >= 0.6 is 45.2 Å². The summed E-state index contributed by atoms with van der Waals surface area (Å²) in [4.78, 5) is 0. The summed E-state index contributed by atoms with van der Waals surface area (Å²) in [5.74, 6) is 0. The van der Waals surface area contributed by atoms with Gasteiger partial charge in [0, 0.05) is 17.9 Å². The first-order valence-corrected chi connectivity index (χ1v) is 7.48. The van der Waals surface area contributed by atoms with Crippen molar-refractivity contribution in [3.8, 4) is 0 Å². The third-order valence-corrected chi connectivity index (χ3v) is 5.55. The summed E-state index contributed by atoms with van der Waals surface area (Å²) < 4.78 is 1.99. The lowest BCUT2D eigenvalue weighted by atomic mass is 9.92. The second-order valence-electron chi connectivity index (χ2n) is 4.20. The van der Waals surface area contributed by atoms with Gasteiger partial charge in [0.25, 0.3) is 0 Å². The molecule has 2 heterocycles. The molecule has 0 unspecified atom stereocenters. The Balaban J connectivity index is 2.62. The van der Waals surface area contributed by atoms with Crippen LogP contribution in [0.4, 0.5) is 0 Å². The van der Waals surface area contributed by atoms with Gasteiger partial charge in [-0.15, -0.1) is 0 Å². The van der Waals surface area contributed by atoms with Crippen molar-refractivity contribution in [2.75, 3.05) is 6.54 Å². The van der Waals surface area contributed by atoms with Crippen LogP contribution in [-0.4, -0.2) is 26.9 Å². The molecule has 0 amide bonds. The van der Waals surface area contributed by atoms with Crippen LogP contribution in [0.3, 0.4) is 0 Å². The zero-order valence-electron chi connectivity index (χ0n) is 10.0. The molecule has 0 saturated heterocycles. The Morgan fingerprint density at radius 1 is 1.06 bits per heavy atom. The molecular formula is C10H14I2N6. The van der Waals surface area contributed by atoms with Crippen LogP contribution in [0, 0.1) is 21.0 Å². The summed E-state index contributed by atoms with van der Waals surface area (Å²) in [5, 5.41) is 14.5. The minimum Gasteiger partial charge on any atom is -0.328 e. The zero-order chi connectivity index (χ0) is 13.5. The van der Waals surface area contributed by atoms with E-state index in [1.54, 1.807) is 0 Å². The number of hydrogen-bond acceptors (Lipinski definition) is 4. The topological polar surface area (TPSA) is 109 Å². The van der Waals surface area contributed by atoms with Gasteiger partial charge in [0.05, 0.1) is 7.14 Å². The SMILES string of the molecule is Cc1[nH]nc(C(N)(CN)c2n[nH]c(C)c2I)c1I. The average molecular weight is 472 g/mol. The van der Waals surface area contributed by atoms with Crippen molar-refractivity contribution in [2.24, 2.45) is 11.5 Å². The molecule has 0 bridgehead atoms. The lowest BCUT2D eigenvalue weighted by Crippen LogP contribution is -2.47. The predicted molar refractivity (Wildman–Crippen MR) is 86.1 cm³/mol. The molecule has 0 radical (unpaired) electrons. The molecule has 2 aromatic heterocycles. The molecule has 98 valence electrons. The Morgan fingerprint density at radius 3 is 1.67 bits per heavy atom. The summed E-state index contributed by atoms with van der Waals surface area (Å²) >= 11 is 4.45. The Labute approximate surface area is 132 Å². The minimum atomic E-state index is -0.872. The van der Waals surface area contributed by atoms with Crippen LogP contribution in [0.5, 0.6) is 0 Å². The molecule has 0 aliphatic rings. The van der Waals surface area contributed by atoms with E-state index in [1.165, 1.54) is 0 Å². The summed E-state index contributed by atoms with van der Waals surface area (Å²) in [6.07, 6.45) is 0. The molecular weight excluding hydrogens is 458 g/mol. The fraction of sp³-hybridized carbons (Fsp3) is 0.400. The number of H-pyrrole nitrogens is 2. The molecule has 2 aromatic rings. The van der Waals surface area contributed by atoms with E-state index >= 15 is 0 Å². The largest absolute Gasteiger partial charge is 0.328 e. The predicted octanol–water partition coefficient (Wildman–Crippen LogP) is 1.12. The molecule has 6 N–H and O–H groups in total. The number of hydrogen-bond donors (Lipinski definition) is 4. The van der Waals surface area contributed by atoms with Crippen molar-refractivity contribution in [1.29, 1.82) is 0 Å². The van der Waals surface area contributed by atoms with Gasteiger partial charge in [-0.2, -0.15) is 10.2 Å². The highest BCUT2D eigenvalue weighted by Gasteiger charge is 2.37. The maximum Gasteiger partial charge on any atom is 0.119 e. The zero-order valence-corrected chi connectivity index (χ0v) is 14.3. The first kappa shape index (κ1) is 14.2. The Bertz CT molecular complexity index is 527. The van der Waals surface area contributed by atoms with Gasteiger partial charge < -0.3 is 11.5 Å². The van der Waals surface area contributed by atoms with E-state index in [0.717, 1.165) is 29.9 Å². The number of nitrogens with zero attached hydrogens (tertiary/aromatic N) is 2. The van der Waals surface area contributed by atoms with Crippen molar-refractivity contribution in [3.05, 3.63) is 29.9 Å². The first-order valence-electron chi connectivity index (χ1n) is 5.32. The van der Waals surface area contributed by atoms with Crippen molar-refractivity contribution < 1.29 is 0 Å². The smallest absolute Gasteiger partial charge is 0.119 e. The first-order chi connectivity index (χ1) is 8.41.